The Balaban J connectivity index is 1.91. The van der Waals surface area contributed by atoms with Gasteiger partial charge in [0.05, 0.1) is 6.61 Å². The third-order valence-electron chi connectivity index (χ3n) is 5.25. The first kappa shape index (κ1) is 20.2. The van der Waals surface area contributed by atoms with Gasteiger partial charge in [-0.3, -0.25) is 9.80 Å². The zero-order valence-corrected chi connectivity index (χ0v) is 16.4. The number of nitrogens with two attached hydrogens (primary N) is 1. The Morgan fingerprint density at radius 1 is 1.12 bits per heavy atom. The molecule has 1 aromatic carbocycles. The summed E-state index contributed by atoms with van der Waals surface area (Å²) >= 11 is 0. The van der Waals surface area contributed by atoms with E-state index in [-0.39, 0.29) is 0 Å². The third-order valence-corrected chi connectivity index (χ3v) is 5.25. The molecule has 2 rings (SSSR count). The zero-order chi connectivity index (χ0) is 18.1. The minimum Gasteiger partial charge on any atom is -0.494 e. The Morgan fingerprint density at radius 3 is 2.48 bits per heavy atom. The molecule has 1 saturated heterocycles. The molecule has 1 fully saturated rings. The summed E-state index contributed by atoms with van der Waals surface area (Å²) in [5.41, 5.74) is 7.44. The van der Waals surface area contributed by atoms with Gasteiger partial charge in [0.15, 0.2) is 0 Å². The summed E-state index contributed by atoms with van der Waals surface area (Å²) in [6, 6.07) is 9.48. The SMILES string of the molecule is CCCCCOc1ccc(C(CN)N2CCN(CCC)C(C)C2)cc1. The highest BCUT2D eigenvalue weighted by Gasteiger charge is 2.28. The van der Waals surface area contributed by atoms with Crippen molar-refractivity contribution in [1.29, 1.82) is 0 Å². The van der Waals surface area contributed by atoms with Gasteiger partial charge in [-0.15, -0.1) is 0 Å². The lowest BCUT2D eigenvalue weighted by Crippen LogP contribution is -2.53. The smallest absolute Gasteiger partial charge is 0.119 e. The Hall–Kier alpha value is -1.10. The van der Waals surface area contributed by atoms with Gasteiger partial charge in [0.2, 0.25) is 0 Å². The molecular formula is C21H37N3O. The van der Waals surface area contributed by atoms with Crippen LogP contribution in [0.25, 0.3) is 0 Å². The van der Waals surface area contributed by atoms with Crippen molar-refractivity contribution < 1.29 is 4.74 Å². The molecule has 25 heavy (non-hydrogen) atoms. The average molecular weight is 348 g/mol. The van der Waals surface area contributed by atoms with Gasteiger partial charge in [0.1, 0.15) is 5.75 Å². The van der Waals surface area contributed by atoms with Crippen LogP contribution in [0.3, 0.4) is 0 Å². The molecule has 1 aliphatic heterocycles. The number of piperazine rings is 1. The van der Waals surface area contributed by atoms with Gasteiger partial charge in [-0.2, -0.15) is 0 Å². The first-order valence-corrected chi connectivity index (χ1v) is 10.1. The van der Waals surface area contributed by atoms with Crippen LogP contribution in [0.2, 0.25) is 0 Å². The molecule has 2 unspecified atom stereocenters. The van der Waals surface area contributed by atoms with Gasteiger partial charge in [0.25, 0.3) is 0 Å². The Labute approximate surface area is 154 Å². The number of hydrogen-bond donors (Lipinski definition) is 1. The molecule has 0 aliphatic carbocycles. The van der Waals surface area contributed by atoms with E-state index in [4.69, 9.17) is 10.5 Å². The fraction of sp³-hybridized carbons (Fsp3) is 0.714. The summed E-state index contributed by atoms with van der Waals surface area (Å²) < 4.78 is 5.83. The lowest BCUT2D eigenvalue weighted by Gasteiger charge is -2.43. The first-order valence-electron chi connectivity index (χ1n) is 10.1. The zero-order valence-electron chi connectivity index (χ0n) is 16.4. The van der Waals surface area contributed by atoms with Crippen molar-refractivity contribution in [2.75, 3.05) is 39.3 Å². The third kappa shape index (κ3) is 5.98. The highest BCUT2D eigenvalue weighted by molar-refractivity contribution is 5.29. The summed E-state index contributed by atoms with van der Waals surface area (Å²) in [5, 5.41) is 0. The van der Waals surface area contributed by atoms with E-state index in [1.807, 2.05) is 0 Å². The number of hydrogen-bond acceptors (Lipinski definition) is 4. The number of unbranched alkanes of at least 4 members (excludes halogenated alkanes) is 2. The van der Waals surface area contributed by atoms with Gasteiger partial charge >= 0.3 is 0 Å². The highest BCUT2D eigenvalue weighted by atomic mass is 16.5. The first-order chi connectivity index (χ1) is 12.2. The molecule has 2 atom stereocenters. The molecule has 0 radical (unpaired) electrons. The lowest BCUT2D eigenvalue weighted by atomic mass is 10.0. The standard InChI is InChI=1S/C21H37N3O/c1-4-6-7-15-25-20-10-8-19(9-11-20)21(16-22)24-14-13-23(12-5-2)18(3)17-24/h8-11,18,21H,4-7,12-17,22H2,1-3H3. The molecule has 2 N–H and O–H groups in total. The van der Waals surface area contributed by atoms with Crippen LogP contribution in [0.1, 0.15) is 58.1 Å². The monoisotopic (exact) mass is 347 g/mol. The van der Waals surface area contributed by atoms with Crippen LogP contribution in [0.4, 0.5) is 0 Å². The normalized spacial score (nSPS) is 20.6. The van der Waals surface area contributed by atoms with Gasteiger partial charge in [0, 0.05) is 38.3 Å². The molecule has 4 heteroatoms. The van der Waals surface area contributed by atoms with E-state index in [1.54, 1.807) is 0 Å². The fourth-order valence-corrected chi connectivity index (χ4v) is 3.75. The number of ether oxygens (including phenoxy) is 1. The summed E-state index contributed by atoms with van der Waals surface area (Å²) in [6.07, 6.45) is 4.81. The molecule has 1 aromatic rings. The summed E-state index contributed by atoms with van der Waals surface area (Å²) in [4.78, 5) is 5.14. The Bertz CT molecular complexity index is 477. The minimum absolute atomic E-state index is 0.306. The number of nitrogens with zero attached hydrogens (tertiary/aromatic N) is 2. The van der Waals surface area contributed by atoms with E-state index in [2.05, 4.69) is 54.8 Å². The van der Waals surface area contributed by atoms with Crippen LogP contribution in [0.5, 0.6) is 5.75 Å². The highest BCUT2D eigenvalue weighted by Crippen LogP contribution is 2.25. The van der Waals surface area contributed by atoms with E-state index in [0.29, 0.717) is 18.6 Å². The van der Waals surface area contributed by atoms with Crippen LogP contribution in [-0.2, 0) is 0 Å². The molecule has 0 saturated carbocycles. The van der Waals surface area contributed by atoms with Crippen LogP contribution < -0.4 is 10.5 Å². The summed E-state index contributed by atoms with van der Waals surface area (Å²) in [5.74, 6) is 0.969. The lowest BCUT2D eigenvalue weighted by molar-refractivity contribution is 0.0572. The summed E-state index contributed by atoms with van der Waals surface area (Å²) in [6.45, 7) is 12.8. The predicted octanol–water partition coefficient (Wildman–Crippen LogP) is 3.67. The maximum absolute atomic E-state index is 6.14. The maximum atomic E-state index is 6.14. The van der Waals surface area contributed by atoms with Crippen molar-refractivity contribution in [3.8, 4) is 5.75 Å². The van der Waals surface area contributed by atoms with Crippen LogP contribution in [-0.4, -0.2) is 55.2 Å². The van der Waals surface area contributed by atoms with E-state index < -0.39 is 0 Å². The van der Waals surface area contributed by atoms with Crippen molar-refractivity contribution in [1.82, 2.24) is 9.80 Å². The van der Waals surface area contributed by atoms with E-state index in [1.165, 1.54) is 31.4 Å². The van der Waals surface area contributed by atoms with E-state index in [0.717, 1.165) is 38.4 Å². The van der Waals surface area contributed by atoms with Crippen molar-refractivity contribution >= 4 is 0 Å². The Morgan fingerprint density at radius 2 is 1.88 bits per heavy atom. The van der Waals surface area contributed by atoms with Gasteiger partial charge < -0.3 is 10.5 Å². The molecule has 142 valence electrons. The van der Waals surface area contributed by atoms with E-state index >= 15 is 0 Å². The van der Waals surface area contributed by atoms with Crippen molar-refractivity contribution in [3.63, 3.8) is 0 Å². The predicted molar refractivity (Wildman–Crippen MR) is 106 cm³/mol. The fourth-order valence-electron chi connectivity index (χ4n) is 3.75. The van der Waals surface area contributed by atoms with Crippen LogP contribution in [0.15, 0.2) is 24.3 Å². The second-order valence-electron chi connectivity index (χ2n) is 7.26. The molecule has 0 bridgehead atoms. The molecule has 1 aliphatic rings. The quantitative estimate of drug-likeness (QED) is 0.656. The second-order valence-corrected chi connectivity index (χ2v) is 7.26. The van der Waals surface area contributed by atoms with Crippen molar-refractivity contribution in [2.24, 2.45) is 5.73 Å². The average Bonchev–Trinajstić information content (AvgIpc) is 2.63. The molecule has 0 aromatic heterocycles. The van der Waals surface area contributed by atoms with E-state index in [9.17, 15) is 0 Å². The van der Waals surface area contributed by atoms with Crippen molar-refractivity contribution in [3.05, 3.63) is 29.8 Å². The van der Waals surface area contributed by atoms with Crippen molar-refractivity contribution in [2.45, 2.75) is 58.5 Å². The van der Waals surface area contributed by atoms with Gasteiger partial charge in [-0.1, -0.05) is 38.8 Å². The molecule has 4 nitrogen and oxygen atoms in total. The van der Waals surface area contributed by atoms with Gasteiger partial charge in [-0.25, -0.2) is 0 Å². The van der Waals surface area contributed by atoms with Gasteiger partial charge in [-0.05, 0) is 44.0 Å². The van der Waals surface area contributed by atoms with Crippen LogP contribution in [0, 0.1) is 0 Å². The summed E-state index contributed by atoms with van der Waals surface area (Å²) in [7, 11) is 0. The topological polar surface area (TPSA) is 41.7 Å². The number of rotatable bonds is 10. The Kier molecular flexibility index (Phi) is 8.73. The molecule has 0 spiro atoms. The number of benzene rings is 1. The second kappa shape index (κ2) is 10.8. The maximum Gasteiger partial charge on any atom is 0.119 e. The van der Waals surface area contributed by atoms with Crippen LogP contribution >= 0.6 is 0 Å². The minimum atomic E-state index is 0.306. The largest absolute Gasteiger partial charge is 0.494 e. The molecular weight excluding hydrogens is 310 g/mol. The molecule has 0 amide bonds. The molecule has 1 heterocycles.